The number of carbonyl (C=O) groups is 1. The number of pyridine rings is 1. The summed E-state index contributed by atoms with van der Waals surface area (Å²) < 4.78 is 13.4. The maximum absolute atomic E-state index is 13.2. The van der Waals surface area contributed by atoms with Gasteiger partial charge in [0.1, 0.15) is 24.0 Å². The Morgan fingerprint density at radius 3 is 2.65 bits per heavy atom. The molecule has 3 heterocycles. The lowest BCUT2D eigenvalue weighted by Crippen LogP contribution is -2.43. The van der Waals surface area contributed by atoms with Crippen molar-refractivity contribution in [3.8, 4) is 5.75 Å². The van der Waals surface area contributed by atoms with Gasteiger partial charge in [-0.3, -0.25) is 14.3 Å². The molecule has 0 radical (unpaired) electrons. The molecule has 0 saturated carbocycles. The van der Waals surface area contributed by atoms with E-state index < -0.39 is 0 Å². The van der Waals surface area contributed by atoms with E-state index in [0.29, 0.717) is 37.0 Å². The van der Waals surface area contributed by atoms with Gasteiger partial charge in [0.05, 0.1) is 26.1 Å². The summed E-state index contributed by atoms with van der Waals surface area (Å²) in [6.45, 7) is 5.02. The van der Waals surface area contributed by atoms with Crippen LogP contribution in [0.15, 0.2) is 42.6 Å². The smallest absolute Gasteiger partial charge is 0.275 e. The van der Waals surface area contributed by atoms with E-state index in [0.717, 1.165) is 22.8 Å². The molecule has 0 N–H and O–H groups in total. The minimum Gasteiger partial charge on any atom is -0.494 e. The molecule has 0 unspecified atom stereocenters. The number of benzene rings is 1. The number of nitrogens with zero attached hydrogens (tertiary/aromatic N) is 5. The van der Waals surface area contributed by atoms with E-state index in [2.05, 4.69) is 4.98 Å². The number of imidazole rings is 1. The minimum absolute atomic E-state index is 0.0812. The molecule has 1 aliphatic rings. The van der Waals surface area contributed by atoms with Gasteiger partial charge in [0.15, 0.2) is 11.5 Å². The molecule has 0 bridgehead atoms. The Bertz CT molecular complexity index is 1080. The SMILES string of the molecule is CCc1nc2c(n1COCc1ccccc1)C(=O)N(C)CN2c1c(OC)ccnc1C. The highest BCUT2D eigenvalue weighted by Gasteiger charge is 2.36. The van der Waals surface area contributed by atoms with Crippen LogP contribution in [0, 0.1) is 6.92 Å². The lowest BCUT2D eigenvalue weighted by atomic mass is 10.2. The summed E-state index contributed by atoms with van der Waals surface area (Å²) >= 11 is 0. The molecule has 1 aromatic carbocycles. The molecule has 1 amide bonds. The highest BCUT2D eigenvalue weighted by Crippen LogP contribution is 2.39. The second-order valence-electron chi connectivity index (χ2n) is 7.46. The van der Waals surface area contributed by atoms with Gasteiger partial charge in [0.2, 0.25) is 0 Å². The van der Waals surface area contributed by atoms with Crippen LogP contribution >= 0.6 is 0 Å². The van der Waals surface area contributed by atoms with E-state index in [9.17, 15) is 4.79 Å². The summed E-state index contributed by atoms with van der Waals surface area (Å²) in [6.07, 6.45) is 2.39. The Labute approximate surface area is 182 Å². The fourth-order valence-electron chi connectivity index (χ4n) is 3.85. The molecule has 8 heteroatoms. The number of amides is 1. The Morgan fingerprint density at radius 2 is 1.94 bits per heavy atom. The van der Waals surface area contributed by atoms with Gasteiger partial charge >= 0.3 is 0 Å². The number of aromatic nitrogens is 3. The monoisotopic (exact) mass is 421 g/mol. The van der Waals surface area contributed by atoms with Crippen molar-refractivity contribution in [3.63, 3.8) is 0 Å². The summed E-state index contributed by atoms with van der Waals surface area (Å²) in [7, 11) is 3.41. The number of anilines is 2. The average Bonchev–Trinajstić information content (AvgIpc) is 3.16. The summed E-state index contributed by atoms with van der Waals surface area (Å²) in [4.78, 5) is 26.1. The third kappa shape index (κ3) is 3.86. The van der Waals surface area contributed by atoms with E-state index in [-0.39, 0.29) is 12.6 Å². The molecule has 0 saturated heterocycles. The fraction of sp³-hybridized carbons (Fsp3) is 0.348. The molecule has 0 fully saturated rings. The molecule has 31 heavy (non-hydrogen) atoms. The van der Waals surface area contributed by atoms with Gasteiger partial charge in [0.25, 0.3) is 5.91 Å². The summed E-state index contributed by atoms with van der Waals surface area (Å²) in [5.74, 6) is 2.02. The number of carbonyl (C=O) groups excluding carboxylic acids is 1. The van der Waals surface area contributed by atoms with Gasteiger partial charge in [-0.05, 0) is 12.5 Å². The average molecular weight is 422 g/mol. The topological polar surface area (TPSA) is 72.7 Å². The van der Waals surface area contributed by atoms with Crippen LogP contribution in [0.2, 0.25) is 0 Å². The lowest BCUT2D eigenvalue weighted by Gasteiger charge is -2.34. The highest BCUT2D eigenvalue weighted by atomic mass is 16.5. The first-order chi connectivity index (χ1) is 15.0. The third-order valence-electron chi connectivity index (χ3n) is 5.39. The third-order valence-corrected chi connectivity index (χ3v) is 5.39. The second-order valence-corrected chi connectivity index (χ2v) is 7.46. The molecule has 8 nitrogen and oxygen atoms in total. The van der Waals surface area contributed by atoms with Crippen LogP contribution in [0.1, 0.15) is 34.5 Å². The molecule has 2 aromatic heterocycles. The highest BCUT2D eigenvalue weighted by molar-refractivity contribution is 6.00. The largest absolute Gasteiger partial charge is 0.494 e. The van der Waals surface area contributed by atoms with Crippen LogP contribution in [0.3, 0.4) is 0 Å². The number of fused-ring (bicyclic) bond motifs is 1. The van der Waals surface area contributed by atoms with Crippen LogP contribution in [0.5, 0.6) is 5.75 Å². The van der Waals surface area contributed by atoms with Crippen molar-refractivity contribution in [1.29, 1.82) is 0 Å². The van der Waals surface area contributed by atoms with Crippen LogP contribution in [0.25, 0.3) is 0 Å². The summed E-state index contributed by atoms with van der Waals surface area (Å²) in [6, 6.07) is 11.8. The van der Waals surface area contributed by atoms with Crippen molar-refractivity contribution in [2.45, 2.75) is 33.6 Å². The maximum Gasteiger partial charge on any atom is 0.275 e. The van der Waals surface area contributed by atoms with Gasteiger partial charge in [-0.25, -0.2) is 4.98 Å². The van der Waals surface area contributed by atoms with Crippen LogP contribution < -0.4 is 9.64 Å². The van der Waals surface area contributed by atoms with Gasteiger partial charge in [-0.2, -0.15) is 0 Å². The van der Waals surface area contributed by atoms with Gasteiger partial charge in [-0.15, -0.1) is 0 Å². The number of methoxy groups -OCH3 is 1. The Kier molecular flexibility index (Phi) is 5.90. The molecule has 0 atom stereocenters. The summed E-state index contributed by atoms with van der Waals surface area (Å²) in [5.41, 5.74) is 3.21. The van der Waals surface area contributed by atoms with Crippen molar-refractivity contribution in [2.75, 3.05) is 25.7 Å². The van der Waals surface area contributed by atoms with Crippen molar-refractivity contribution in [1.82, 2.24) is 19.4 Å². The van der Waals surface area contributed by atoms with Gasteiger partial charge < -0.3 is 19.3 Å². The fourth-order valence-corrected chi connectivity index (χ4v) is 3.85. The zero-order valence-electron chi connectivity index (χ0n) is 18.3. The number of hydrogen-bond donors (Lipinski definition) is 0. The predicted octanol–water partition coefficient (Wildman–Crippen LogP) is 3.51. The number of aryl methyl sites for hydroxylation is 2. The first-order valence-electron chi connectivity index (χ1n) is 10.3. The van der Waals surface area contributed by atoms with E-state index in [1.165, 1.54) is 0 Å². The zero-order valence-corrected chi connectivity index (χ0v) is 18.3. The molecule has 162 valence electrons. The van der Waals surface area contributed by atoms with Crippen LogP contribution in [-0.2, 0) is 24.5 Å². The Morgan fingerprint density at radius 1 is 1.16 bits per heavy atom. The van der Waals surface area contributed by atoms with E-state index >= 15 is 0 Å². The quantitative estimate of drug-likeness (QED) is 0.581. The number of rotatable bonds is 7. The van der Waals surface area contributed by atoms with E-state index in [4.69, 9.17) is 14.5 Å². The lowest BCUT2D eigenvalue weighted by molar-refractivity contribution is 0.0555. The standard InChI is InChI=1S/C23H27N5O3/c1-5-19-25-22-21(28(19)15-31-13-17-9-7-6-8-10-17)23(29)26(3)14-27(22)20-16(2)24-12-11-18(20)30-4/h6-12H,5,13-15H2,1-4H3. The van der Waals surface area contributed by atoms with Crippen molar-refractivity contribution < 1.29 is 14.3 Å². The first kappa shape index (κ1) is 20.9. The number of hydrogen-bond acceptors (Lipinski definition) is 6. The molecular formula is C23H27N5O3. The minimum atomic E-state index is -0.0812. The van der Waals surface area contributed by atoms with E-state index in [1.807, 2.05) is 59.7 Å². The van der Waals surface area contributed by atoms with Crippen molar-refractivity contribution in [2.24, 2.45) is 0 Å². The molecular weight excluding hydrogens is 394 g/mol. The van der Waals surface area contributed by atoms with Gasteiger partial charge in [0, 0.05) is 25.7 Å². The maximum atomic E-state index is 13.2. The van der Waals surface area contributed by atoms with Crippen molar-refractivity contribution in [3.05, 3.63) is 65.4 Å². The first-order valence-corrected chi connectivity index (χ1v) is 10.3. The Balaban J connectivity index is 1.73. The molecule has 0 aliphatic carbocycles. The van der Waals surface area contributed by atoms with Gasteiger partial charge in [-0.1, -0.05) is 37.3 Å². The molecule has 4 rings (SSSR count). The molecule has 1 aliphatic heterocycles. The zero-order chi connectivity index (χ0) is 22.0. The normalized spacial score (nSPS) is 13.5. The van der Waals surface area contributed by atoms with Crippen molar-refractivity contribution >= 4 is 17.4 Å². The Hall–Kier alpha value is -3.39. The van der Waals surface area contributed by atoms with E-state index in [1.54, 1.807) is 25.3 Å². The summed E-state index contributed by atoms with van der Waals surface area (Å²) in [5, 5.41) is 0. The number of ether oxygens (including phenoxy) is 2. The van der Waals surface area contributed by atoms with Crippen LogP contribution in [-0.4, -0.2) is 46.2 Å². The van der Waals surface area contributed by atoms with Crippen LogP contribution in [0.4, 0.5) is 11.5 Å². The second kappa shape index (κ2) is 8.77. The molecule has 0 spiro atoms. The predicted molar refractivity (Wildman–Crippen MR) is 117 cm³/mol. The molecule has 3 aromatic rings.